The van der Waals surface area contributed by atoms with Crippen molar-refractivity contribution in [2.24, 2.45) is 5.92 Å². The van der Waals surface area contributed by atoms with Gasteiger partial charge in [0.05, 0.1) is 32.2 Å². The number of para-hydroxylation sites is 2. The van der Waals surface area contributed by atoms with Crippen LogP contribution in [0, 0.1) is 5.92 Å². The predicted molar refractivity (Wildman–Crippen MR) is 98.3 cm³/mol. The highest BCUT2D eigenvalue weighted by Gasteiger charge is 2.28. The van der Waals surface area contributed by atoms with Gasteiger partial charge in [-0.2, -0.15) is 4.98 Å². The summed E-state index contributed by atoms with van der Waals surface area (Å²) in [5.74, 6) is 0.150. The maximum Gasteiger partial charge on any atom is 0.298 e. The molecule has 2 aromatic rings. The monoisotopic (exact) mass is 359 g/mol. The second-order valence-corrected chi connectivity index (χ2v) is 7.15. The Morgan fingerprint density at radius 3 is 3.00 bits per heavy atom. The zero-order valence-corrected chi connectivity index (χ0v) is 15.1. The molecule has 0 aliphatic carbocycles. The number of anilines is 1. The van der Waals surface area contributed by atoms with E-state index in [4.69, 9.17) is 9.15 Å². The van der Waals surface area contributed by atoms with E-state index in [1.54, 1.807) is 0 Å². The van der Waals surface area contributed by atoms with E-state index in [-0.39, 0.29) is 11.8 Å². The Kier molecular flexibility index (Phi) is 5.36. The Morgan fingerprint density at radius 1 is 1.31 bits per heavy atom. The Hall–Kier alpha value is -2.12. The molecule has 1 unspecified atom stereocenters. The molecule has 1 aromatic heterocycles. The van der Waals surface area contributed by atoms with Crippen molar-refractivity contribution in [1.82, 2.24) is 10.3 Å². The maximum atomic E-state index is 12.6. The second kappa shape index (κ2) is 8.05. The Morgan fingerprint density at radius 2 is 2.15 bits per heavy atom. The van der Waals surface area contributed by atoms with Crippen LogP contribution in [0.1, 0.15) is 12.8 Å². The average molecular weight is 359 g/mol. The molecule has 140 valence electrons. The Bertz CT molecular complexity index is 708. The topological polar surface area (TPSA) is 72.0 Å². The highest BCUT2D eigenvalue weighted by Crippen LogP contribution is 2.26. The van der Waals surface area contributed by atoms with Gasteiger partial charge in [-0.15, -0.1) is 0 Å². The Balaban J connectivity index is 1.30. The lowest BCUT2D eigenvalue weighted by atomic mass is 9.97. The van der Waals surface area contributed by atoms with Crippen molar-refractivity contribution in [3.63, 3.8) is 0 Å². The SMILES string of the molecule is O=C(NCC[NH+]1CCOCC1)C1CCCN(c2nc3ccccc3o2)C1. The molecular formula is C19H27N4O3+. The maximum absolute atomic E-state index is 12.6. The normalized spacial score (nSPS) is 21.8. The average Bonchev–Trinajstić information content (AvgIpc) is 3.13. The summed E-state index contributed by atoms with van der Waals surface area (Å²) in [4.78, 5) is 20.7. The number of aromatic nitrogens is 1. The van der Waals surface area contributed by atoms with Gasteiger partial charge in [0.25, 0.3) is 6.01 Å². The second-order valence-electron chi connectivity index (χ2n) is 7.15. The number of hydrogen-bond donors (Lipinski definition) is 2. The number of piperidine rings is 1. The van der Waals surface area contributed by atoms with Gasteiger partial charge >= 0.3 is 0 Å². The number of quaternary nitrogens is 1. The summed E-state index contributed by atoms with van der Waals surface area (Å²) in [6.45, 7) is 6.97. The fourth-order valence-electron chi connectivity index (χ4n) is 3.78. The number of morpholine rings is 1. The molecule has 7 heteroatoms. The van der Waals surface area contributed by atoms with Crippen molar-refractivity contribution in [3.05, 3.63) is 24.3 Å². The van der Waals surface area contributed by atoms with Gasteiger partial charge in [0.1, 0.15) is 18.6 Å². The summed E-state index contributed by atoms with van der Waals surface area (Å²) in [7, 11) is 0. The molecular weight excluding hydrogens is 332 g/mol. The number of hydrogen-bond acceptors (Lipinski definition) is 5. The third-order valence-electron chi connectivity index (χ3n) is 5.32. The van der Waals surface area contributed by atoms with Crippen LogP contribution < -0.4 is 15.1 Å². The number of rotatable bonds is 5. The number of nitrogens with one attached hydrogen (secondary N) is 2. The predicted octanol–water partition coefficient (Wildman–Crippen LogP) is 0.0755. The minimum absolute atomic E-state index is 0.00143. The number of benzene rings is 1. The lowest BCUT2D eigenvalue weighted by molar-refractivity contribution is -0.906. The molecule has 0 bridgehead atoms. The summed E-state index contributed by atoms with van der Waals surface area (Å²) in [5.41, 5.74) is 1.66. The van der Waals surface area contributed by atoms with Gasteiger partial charge in [0.2, 0.25) is 5.91 Å². The van der Waals surface area contributed by atoms with E-state index in [9.17, 15) is 4.79 Å². The molecule has 1 atom stereocenters. The van der Waals surface area contributed by atoms with E-state index >= 15 is 0 Å². The first-order valence-corrected chi connectivity index (χ1v) is 9.59. The minimum atomic E-state index is -0.00143. The van der Waals surface area contributed by atoms with Gasteiger partial charge in [-0.25, -0.2) is 0 Å². The summed E-state index contributed by atoms with van der Waals surface area (Å²) in [5, 5.41) is 3.12. The summed E-state index contributed by atoms with van der Waals surface area (Å²) >= 11 is 0. The lowest BCUT2D eigenvalue weighted by Gasteiger charge is -2.31. The van der Waals surface area contributed by atoms with Crippen LogP contribution in [0.2, 0.25) is 0 Å². The van der Waals surface area contributed by atoms with Crippen LogP contribution in [-0.2, 0) is 9.53 Å². The molecule has 2 saturated heterocycles. The van der Waals surface area contributed by atoms with Gasteiger partial charge in [0.15, 0.2) is 5.58 Å². The fourth-order valence-corrected chi connectivity index (χ4v) is 3.78. The van der Waals surface area contributed by atoms with Crippen LogP contribution in [-0.4, -0.2) is 63.4 Å². The highest BCUT2D eigenvalue weighted by molar-refractivity contribution is 5.79. The lowest BCUT2D eigenvalue weighted by Crippen LogP contribution is -3.14. The van der Waals surface area contributed by atoms with Crippen molar-refractivity contribution in [1.29, 1.82) is 0 Å². The molecule has 2 N–H and O–H groups in total. The third-order valence-corrected chi connectivity index (χ3v) is 5.32. The quantitative estimate of drug-likeness (QED) is 0.791. The van der Waals surface area contributed by atoms with Gasteiger partial charge in [-0.05, 0) is 25.0 Å². The van der Waals surface area contributed by atoms with Gasteiger partial charge in [-0.3, -0.25) is 4.79 Å². The van der Waals surface area contributed by atoms with Crippen LogP contribution in [0.5, 0.6) is 0 Å². The Labute approximate surface area is 153 Å². The van der Waals surface area contributed by atoms with Crippen molar-refractivity contribution < 1.29 is 18.8 Å². The zero-order valence-electron chi connectivity index (χ0n) is 15.1. The molecule has 0 radical (unpaired) electrons. The van der Waals surface area contributed by atoms with Crippen LogP contribution in [0.25, 0.3) is 11.1 Å². The van der Waals surface area contributed by atoms with Crippen LogP contribution >= 0.6 is 0 Å². The van der Waals surface area contributed by atoms with E-state index in [0.29, 0.717) is 12.6 Å². The summed E-state index contributed by atoms with van der Waals surface area (Å²) in [6.07, 6.45) is 1.90. The van der Waals surface area contributed by atoms with E-state index in [1.807, 2.05) is 24.3 Å². The van der Waals surface area contributed by atoms with Crippen molar-refractivity contribution >= 4 is 23.0 Å². The zero-order chi connectivity index (χ0) is 17.8. The van der Waals surface area contributed by atoms with Crippen molar-refractivity contribution in [3.8, 4) is 0 Å². The molecule has 0 spiro atoms. The van der Waals surface area contributed by atoms with Crippen molar-refractivity contribution in [2.45, 2.75) is 12.8 Å². The summed E-state index contributed by atoms with van der Waals surface area (Å²) in [6, 6.07) is 8.40. The molecule has 3 heterocycles. The molecule has 2 aliphatic heterocycles. The number of carbonyl (C=O) groups excluding carboxylic acids is 1. The molecule has 2 aliphatic rings. The number of nitrogens with zero attached hydrogens (tertiary/aromatic N) is 2. The number of carbonyl (C=O) groups is 1. The van der Waals surface area contributed by atoms with Crippen LogP contribution in [0.4, 0.5) is 6.01 Å². The van der Waals surface area contributed by atoms with E-state index < -0.39 is 0 Å². The molecule has 2 fully saturated rings. The first-order chi connectivity index (χ1) is 12.8. The van der Waals surface area contributed by atoms with E-state index in [1.165, 1.54) is 4.90 Å². The molecule has 0 saturated carbocycles. The van der Waals surface area contributed by atoms with E-state index in [0.717, 1.165) is 69.9 Å². The molecule has 7 nitrogen and oxygen atoms in total. The smallest absolute Gasteiger partial charge is 0.298 e. The first kappa shape index (κ1) is 17.3. The molecule has 1 amide bonds. The number of amides is 1. The molecule has 1 aromatic carbocycles. The van der Waals surface area contributed by atoms with Crippen LogP contribution in [0.15, 0.2) is 28.7 Å². The minimum Gasteiger partial charge on any atom is -0.423 e. The third kappa shape index (κ3) is 3.99. The summed E-state index contributed by atoms with van der Waals surface area (Å²) < 4.78 is 11.2. The van der Waals surface area contributed by atoms with Gasteiger partial charge in [-0.1, -0.05) is 12.1 Å². The molecule has 4 rings (SSSR count). The number of ether oxygens (including phenoxy) is 1. The largest absolute Gasteiger partial charge is 0.423 e. The van der Waals surface area contributed by atoms with E-state index in [2.05, 4.69) is 15.2 Å². The fraction of sp³-hybridized carbons (Fsp3) is 0.579. The van der Waals surface area contributed by atoms with Crippen molar-refractivity contribution in [2.75, 3.05) is 57.4 Å². The number of fused-ring (bicyclic) bond motifs is 1. The first-order valence-electron chi connectivity index (χ1n) is 9.59. The molecule has 26 heavy (non-hydrogen) atoms. The van der Waals surface area contributed by atoms with Gasteiger partial charge < -0.3 is 24.3 Å². The van der Waals surface area contributed by atoms with Gasteiger partial charge in [0, 0.05) is 13.1 Å². The highest BCUT2D eigenvalue weighted by atomic mass is 16.5. The standard InChI is InChI=1S/C19H26N4O3/c24-18(20-7-9-22-10-12-25-13-11-22)15-4-3-8-23(14-15)19-21-16-5-1-2-6-17(16)26-19/h1-2,5-6,15H,3-4,7-14H2,(H,20,24)/p+1. The number of oxazole rings is 1. The van der Waals surface area contributed by atoms with Crippen LogP contribution in [0.3, 0.4) is 0 Å².